The quantitative estimate of drug-likeness (QED) is 0.169. The molecule has 38 heavy (non-hydrogen) atoms. The Morgan fingerprint density at radius 2 is 1.66 bits per heavy atom. The van der Waals surface area contributed by atoms with Gasteiger partial charge in [-0.05, 0) is 62.2 Å². The van der Waals surface area contributed by atoms with Crippen LogP contribution in [0.15, 0.2) is 82.1 Å². The third-order valence-corrected chi connectivity index (χ3v) is 10.2. The summed E-state index contributed by atoms with van der Waals surface area (Å²) in [6.45, 7) is 1.91. The minimum Gasteiger partial charge on any atom is -0.449 e. The molecule has 0 spiro atoms. The number of benzene rings is 3. The van der Waals surface area contributed by atoms with Gasteiger partial charge in [0.05, 0.1) is 10.6 Å². The van der Waals surface area contributed by atoms with Gasteiger partial charge in [-0.15, -0.1) is 0 Å². The fraction of sp³-hybridized carbons (Fsp3) is 0.300. The van der Waals surface area contributed by atoms with Gasteiger partial charge in [0.1, 0.15) is 11.3 Å². The van der Waals surface area contributed by atoms with Crippen LogP contribution in [-0.2, 0) is 15.8 Å². The van der Waals surface area contributed by atoms with Crippen molar-refractivity contribution < 1.29 is 22.4 Å². The lowest BCUT2D eigenvalue weighted by molar-refractivity contribution is 0.0702. The number of aryl methyl sites for hydroxylation is 1. The molecule has 0 bridgehead atoms. The Morgan fingerprint density at radius 1 is 0.974 bits per heavy atom. The molecule has 1 fully saturated rings. The Kier molecular flexibility index (Phi) is 7.81. The van der Waals surface area contributed by atoms with Crippen molar-refractivity contribution in [1.82, 2.24) is 0 Å². The summed E-state index contributed by atoms with van der Waals surface area (Å²) in [6, 6.07) is 20.8. The minimum atomic E-state index is -3.72. The first-order chi connectivity index (χ1) is 18.3. The van der Waals surface area contributed by atoms with E-state index in [1.807, 2.05) is 43.0 Å². The number of carbonyl (C=O) groups excluding carboxylic acids is 1. The Morgan fingerprint density at radius 3 is 2.37 bits per heavy atom. The first-order valence-electron chi connectivity index (χ1n) is 12.8. The maximum absolute atomic E-state index is 13.2. The van der Waals surface area contributed by atoms with Gasteiger partial charge in [-0.2, -0.15) is 11.8 Å². The maximum atomic E-state index is 13.2. The molecule has 0 amide bonds. The number of rotatable bonds is 8. The Labute approximate surface area is 228 Å². The molecule has 8 heteroatoms. The average Bonchev–Trinajstić information content (AvgIpc) is 3.31. The topological polar surface area (TPSA) is 76.8 Å². The number of nitrogens with zero attached hydrogens (tertiary/aromatic N) is 1. The zero-order chi connectivity index (χ0) is 26.7. The van der Waals surface area contributed by atoms with E-state index in [9.17, 15) is 13.2 Å². The predicted molar refractivity (Wildman–Crippen MR) is 153 cm³/mol. The summed E-state index contributed by atoms with van der Waals surface area (Å²) >= 11 is 1.88. The van der Waals surface area contributed by atoms with Crippen molar-refractivity contribution in [2.45, 2.75) is 54.9 Å². The molecule has 3 aromatic carbocycles. The fourth-order valence-electron chi connectivity index (χ4n) is 4.72. The van der Waals surface area contributed by atoms with Gasteiger partial charge in [-0.25, -0.2) is 13.2 Å². The predicted octanol–water partition coefficient (Wildman–Crippen LogP) is 7.35. The summed E-state index contributed by atoms with van der Waals surface area (Å²) in [5.74, 6) is 0.657. The van der Waals surface area contributed by atoms with Gasteiger partial charge >= 0.3 is 5.97 Å². The number of thioether (sulfide) groups is 1. The summed E-state index contributed by atoms with van der Waals surface area (Å²) in [7, 11) is -2.21. The third kappa shape index (κ3) is 5.61. The number of esters is 1. The molecule has 0 N–H and O–H groups in total. The van der Waals surface area contributed by atoms with Crippen LogP contribution < -0.4 is 9.04 Å². The number of furan rings is 1. The van der Waals surface area contributed by atoms with Crippen LogP contribution in [0.4, 0.5) is 5.69 Å². The second kappa shape index (κ2) is 11.3. The van der Waals surface area contributed by atoms with Crippen molar-refractivity contribution in [3.63, 3.8) is 0 Å². The van der Waals surface area contributed by atoms with Crippen LogP contribution in [0.1, 0.15) is 53.8 Å². The van der Waals surface area contributed by atoms with Crippen molar-refractivity contribution in [2.24, 2.45) is 0 Å². The molecule has 0 saturated heterocycles. The molecule has 4 aromatic rings. The summed E-state index contributed by atoms with van der Waals surface area (Å²) in [4.78, 5) is 13.4. The summed E-state index contributed by atoms with van der Waals surface area (Å²) in [5.41, 5.74) is 2.97. The van der Waals surface area contributed by atoms with E-state index in [2.05, 4.69) is 0 Å². The summed E-state index contributed by atoms with van der Waals surface area (Å²) in [6.07, 6.45) is 6.24. The van der Waals surface area contributed by atoms with E-state index >= 15 is 0 Å². The SMILES string of the molecule is Cc1ccc(S(=O)(=O)N(C)c2ccc(OC(=O)c3oc4ccccc4c3CSC3CCCCC3)cc2)cc1. The molecule has 198 valence electrons. The van der Waals surface area contributed by atoms with Crippen LogP contribution in [-0.4, -0.2) is 26.7 Å². The van der Waals surface area contributed by atoms with Gasteiger partial charge in [0.15, 0.2) is 0 Å². The van der Waals surface area contributed by atoms with Gasteiger partial charge in [-0.3, -0.25) is 4.31 Å². The Balaban J connectivity index is 1.32. The molecule has 1 aliphatic rings. The summed E-state index contributed by atoms with van der Waals surface area (Å²) < 4.78 is 38.9. The number of sulfonamides is 1. The van der Waals surface area contributed by atoms with Crippen LogP contribution >= 0.6 is 11.8 Å². The van der Waals surface area contributed by atoms with Crippen molar-refractivity contribution in [2.75, 3.05) is 11.4 Å². The molecule has 1 saturated carbocycles. The Bertz CT molecular complexity index is 1520. The van der Waals surface area contributed by atoms with E-state index in [1.165, 1.54) is 43.5 Å². The first kappa shape index (κ1) is 26.4. The van der Waals surface area contributed by atoms with Gasteiger partial charge in [0.2, 0.25) is 5.76 Å². The molecular formula is C30H31NO5S2. The van der Waals surface area contributed by atoms with E-state index in [1.54, 1.807) is 48.5 Å². The highest BCUT2D eigenvalue weighted by atomic mass is 32.2. The average molecular weight is 550 g/mol. The number of ether oxygens (including phenoxy) is 1. The molecule has 1 aromatic heterocycles. The van der Waals surface area contributed by atoms with Crippen molar-refractivity contribution in [3.05, 3.63) is 89.7 Å². The molecule has 1 aliphatic carbocycles. The van der Waals surface area contributed by atoms with Gasteiger partial charge in [-0.1, -0.05) is 55.2 Å². The number of carbonyl (C=O) groups is 1. The van der Waals surface area contributed by atoms with Crippen molar-refractivity contribution >= 4 is 44.4 Å². The maximum Gasteiger partial charge on any atom is 0.379 e. The normalized spacial score (nSPS) is 14.5. The highest BCUT2D eigenvalue weighted by Crippen LogP contribution is 2.35. The van der Waals surface area contributed by atoms with Crippen LogP contribution in [0.3, 0.4) is 0 Å². The Hall–Kier alpha value is -3.23. The van der Waals surface area contributed by atoms with E-state index < -0.39 is 16.0 Å². The number of fused-ring (bicyclic) bond motifs is 1. The molecule has 0 aliphatic heterocycles. The fourth-order valence-corrected chi connectivity index (χ4v) is 7.28. The second-order valence-corrected chi connectivity index (χ2v) is 12.9. The first-order valence-corrected chi connectivity index (χ1v) is 15.3. The van der Waals surface area contributed by atoms with Crippen LogP contribution in [0.2, 0.25) is 0 Å². The number of hydrogen-bond acceptors (Lipinski definition) is 6. The standard InChI is InChI=1S/C30H31NO5S2/c1-21-12-18-25(19-13-21)38(33,34)31(2)22-14-16-23(17-15-22)35-30(32)29-27(20-37-24-8-4-3-5-9-24)26-10-6-7-11-28(26)36-29/h6-7,10-19,24H,3-5,8-9,20H2,1-2H3. The molecule has 0 atom stereocenters. The van der Waals surface area contributed by atoms with E-state index in [-0.39, 0.29) is 10.7 Å². The monoisotopic (exact) mass is 549 g/mol. The van der Waals surface area contributed by atoms with Crippen LogP contribution in [0, 0.1) is 6.92 Å². The number of para-hydroxylation sites is 1. The van der Waals surface area contributed by atoms with Gasteiger partial charge in [0, 0.05) is 29.0 Å². The number of hydrogen-bond donors (Lipinski definition) is 0. The third-order valence-electron chi connectivity index (χ3n) is 6.99. The zero-order valence-electron chi connectivity index (χ0n) is 21.6. The summed E-state index contributed by atoms with van der Waals surface area (Å²) in [5, 5.41) is 1.53. The van der Waals surface area contributed by atoms with Crippen LogP contribution in [0.25, 0.3) is 11.0 Å². The lowest BCUT2D eigenvalue weighted by Gasteiger charge is -2.20. The molecule has 0 radical (unpaired) electrons. The van der Waals surface area contributed by atoms with Crippen molar-refractivity contribution in [3.8, 4) is 5.75 Å². The van der Waals surface area contributed by atoms with Crippen molar-refractivity contribution in [1.29, 1.82) is 0 Å². The highest BCUT2D eigenvalue weighted by molar-refractivity contribution is 7.99. The second-order valence-electron chi connectivity index (χ2n) is 9.65. The van der Waals surface area contributed by atoms with E-state index in [0.717, 1.165) is 16.5 Å². The van der Waals surface area contributed by atoms with E-state index in [4.69, 9.17) is 9.15 Å². The molecule has 6 nitrogen and oxygen atoms in total. The largest absolute Gasteiger partial charge is 0.449 e. The van der Waals surface area contributed by atoms with E-state index in [0.29, 0.717) is 28.0 Å². The molecular weight excluding hydrogens is 518 g/mol. The molecule has 0 unspecified atom stereocenters. The number of anilines is 1. The molecule has 1 heterocycles. The van der Waals surface area contributed by atoms with Crippen LogP contribution in [0.5, 0.6) is 5.75 Å². The highest BCUT2D eigenvalue weighted by Gasteiger charge is 2.25. The zero-order valence-corrected chi connectivity index (χ0v) is 23.2. The lowest BCUT2D eigenvalue weighted by Crippen LogP contribution is -2.26. The smallest absolute Gasteiger partial charge is 0.379 e. The van der Waals surface area contributed by atoms with Gasteiger partial charge in [0.25, 0.3) is 10.0 Å². The minimum absolute atomic E-state index is 0.213. The van der Waals surface area contributed by atoms with Gasteiger partial charge < -0.3 is 9.15 Å². The lowest BCUT2D eigenvalue weighted by atomic mass is 10.0. The molecule has 5 rings (SSSR count).